The van der Waals surface area contributed by atoms with Crippen molar-refractivity contribution < 1.29 is 5.11 Å². The van der Waals surface area contributed by atoms with Crippen LogP contribution in [0.25, 0.3) is 0 Å². The molecule has 1 rings (SSSR count). The largest absolute Gasteiger partial charge is 0.508 e. The van der Waals surface area contributed by atoms with Crippen molar-refractivity contribution >= 4 is 0 Å². The van der Waals surface area contributed by atoms with Crippen molar-refractivity contribution in [2.75, 3.05) is 19.6 Å². The summed E-state index contributed by atoms with van der Waals surface area (Å²) in [7, 11) is 0. The van der Waals surface area contributed by atoms with Gasteiger partial charge in [-0.1, -0.05) is 39.8 Å². The molecule has 0 aliphatic carbocycles. The Balaban J connectivity index is 2.76. The summed E-state index contributed by atoms with van der Waals surface area (Å²) in [6.07, 6.45) is 1.12. The van der Waals surface area contributed by atoms with Crippen LogP contribution in [0.1, 0.15) is 45.6 Å². The molecule has 1 N–H and O–H groups in total. The van der Waals surface area contributed by atoms with Crippen molar-refractivity contribution in [1.82, 2.24) is 4.90 Å². The summed E-state index contributed by atoms with van der Waals surface area (Å²) in [5, 5.41) is 9.60. The van der Waals surface area contributed by atoms with E-state index in [9.17, 15) is 5.11 Å². The van der Waals surface area contributed by atoms with Crippen molar-refractivity contribution in [3.8, 4) is 5.75 Å². The SMILES string of the molecule is CC[C@@H](c1cccc(O)c1)[C@@H](C)CN(CC)CC. The summed E-state index contributed by atoms with van der Waals surface area (Å²) in [5.74, 6) is 1.51. The molecule has 0 radical (unpaired) electrons. The third-order valence-corrected chi connectivity index (χ3v) is 3.87. The zero-order valence-electron chi connectivity index (χ0n) is 12.2. The second kappa shape index (κ2) is 7.42. The number of nitrogens with zero attached hydrogens (tertiary/aromatic N) is 1. The predicted molar refractivity (Wildman–Crippen MR) is 78.1 cm³/mol. The monoisotopic (exact) mass is 249 g/mol. The molecule has 0 saturated carbocycles. The van der Waals surface area contributed by atoms with Gasteiger partial charge in [0.05, 0.1) is 0 Å². The Hall–Kier alpha value is -1.02. The Morgan fingerprint density at radius 3 is 2.33 bits per heavy atom. The van der Waals surface area contributed by atoms with Crippen LogP contribution in [0.15, 0.2) is 24.3 Å². The van der Waals surface area contributed by atoms with E-state index >= 15 is 0 Å². The highest BCUT2D eigenvalue weighted by Crippen LogP contribution is 2.30. The van der Waals surface area contributed by atoms with E-state index in [0.717, 1.165) is 26.1 Å². The lowest BCUT2D eigenvalue weighted by atomic mass is 9.84. The molecule has 0 aromatic heterocycles. The Morgan fingerprint density at radius 2 is 1.83 bits per heavy atom. The zero-order chi connectivity index (χ0) is 13.5. The first-order valence-corrected chi connectivity index (χ1v) is 7.13. The van der Waals surface area contributed by atoms with Crippen molar-refractivity contribution in [2.24, 2.45) is 5.92 Å². The third kappa shape index (κ3) is 4.02. The summed E-state index contributed by atoms with van der Waals surface area (Å²) >= 11 is 0. The fraction of sp³-hybridized carbons (Fsp3) is 0.625. The first kappa shape index (κ1) is 15.0. The fourth-order valence-electron chi connectivity index (χ4n) is 2.74. The molecule has 0 fully saturated rings. The lowest BCUT2D eigenvalue weighted by molar-refractivity contribution is 0.239. The molecule has 0 spiro atoms. The maximum absolute atomic E-state index is 9.60. The Labute approximate surface area is 112 Å². The molecule has 2 heteroatoms. The van der Waals surface area contributed by atoms with Crippen molar-refractivity contribution in [3.05, 3.63) is 29.8 Å². The Morgan fingerprint density at radius 1 is 1.17 bits per heavy atom. The summed E-state index contributed by atoms with van der Waals surface area (Å²) < 4.78 is 0. The molecular formula is C16H27NO. The van der Waals surface area contributed by atoms with E-state index in [1.165, 1.54) is 5.56 Å². The second-order valence-electron chi connectivity index (χ2n) is 5.07. The average Bonchev–Trinajstić information content (AvgIpc) is 2.37. The molecule has 2 nitrogen and oxygen atoms in total. The number of rotatable bonds is 7. The molecule has 1 aromatic rings. The van der Waals surface area contributed by atoms with Gasteiger partial charge in [-0.25, -0.2) is 0 Å². The number of hydrogen-bond acceptors (Lipinski definition) is 2. The van der Waals surface area contributed by atoms with E-state index in [2.05, 4.69) is 38.7 Å². The smallest absolute Gasteiger partial charge is 0.115 e. The first-order valence-electron chi connectivity index (χ1n) is 7.13. The van der Waals surface area contributed by atoms with Gasteiger partial charge in [-0.05, 0) is 49.0 Å². The van der Waals surface area contributed by atoms with E-state index in [-0.39, 0.29) is 0 Å². The minimum atomic E-state index is 0.376. The van der Waals surface area contributed by atoms with E-state index in [4.69, 9.17) is 0 Å². The molecule has 0 bridgehead atoms. The molecule has 2 atom stereocenters. The fourth-order valence-corrected chi connectivity index (χ4v) is 2.74. The summed E-state index contributed by atoms with van der Waals surface area (Å²) in [6, 6.07) is 7.72. The molecular weight excluding hydrogens is 222 g/mol. The van der Waals surface area contributed by atoms with Gasteiger partial charge in [-0.3, -0.25) is 0 Å². The van der Waals surface area contributed by atoms with E-state index in [0.29, 0.717) is 17.6 Å². The van der Waals surface area contributed by atoms with Crippen molar-refractivity contribution in [3.63, 3.8) is 0 Å². The topological polar surface area (TPSA) is 23.5 Å². The standard InChI is InChI=1S/C16H27NO/c1-5-16(13(4)12-17(6-2)7-3)14-9-8-10-15(18)11-14/h8-11,13,16,18H,5-7,12H2,1-4H3/t13-,16+/m0/s1. The van der Waals surface area contributed by atoms with Gasteiger partial charge in [0.25, 0.3) is 0 Å². The molecule has 0 aliphatic heterocycles. The van der Waals surface area contributed by atoms with Gasteiger partial charge in [0.15, 0.2) is 0 Å². The maximum Gasteiger partial charge on any atom is 0.115 e. The van der Waals surface area contributed by atoms with Crippen LogP contribution in [-0.2, 0) is 0 Å². The predicted octanol–water partition coefficient (Wildman–Crippen LogP) is 3.86. The summed E-state index contributed by atoms with van der Waals surface area (Å²) in [4.78, 5) is 2.47. The normalized spacial score (nSPS) is 14.7. The van der Waals surface area contributed by atoms with Gasteiger partial charge in [-0.15, -0.1) is 0 Å². The van der Waals surface area contributed by atoms with E-state index < -0.39 is 0 Å². The van der Waals surface area contributed by atoms with E-state index in [1.54, 1.807) is 6.07 Å². The Bertz CT molecular complexity index is 347. The third-order valence-electron chi connectivity index (χ3n) is 3.87. The molecule has 0 unspecified atom stereocenters. The molecule has 102 valence electrons. The molecule has 0 heterocycles. The average molecular weight is 249 g/mol. The first-order chi connectivity index (χ1) is 8.62. The van der Waals surface area contributed by atoms with Gasteiger partial charge < -0.3 is 10.0 Å². The van der Waals surface area contributed by atoms with Crippen LogP contribution in [0.2, 0.25) is 0 Å². The van der Waals surface area contributed by atoms with Crippen LogP contribution in [0, 0.1) is 5.92 Å². The number of aromatic hydroxyl groups is 1. The zero-order valence-corrected chi connectivity index (χ0v) is 12.2. The molecule has 0 aliphatic rings. The molecule has 0 amide bonds. The number of phenolic OH excluding ortho intramolecular Hbond substituents is 1. The van der Waals surface area contributed by atoms with Crippen LogP contribution in [0.5, 0.6) is 5.75 Å². The Kier molecular flexibility index (Phi) is 6.20. The minimum absolute atomic E-state index is 0.376. The summed E-state index contributed by atoms with van der Waals surface area (Å²) in [6.45, 7) is 12.3. The molecule has 18 heavy (non-hydrogen) atoms. The highest BCUT2D eigenvalue weighted by Gasteiger charge is 2.19. The quantitative estimate of drug-likeness (QED) is 0.793. The van der Waals surface area contributed by atoms with Crippen LogP contribution < -0.4 is 0 Å². The van der Waals surface area contributed by atoms with Crippen LogP contribution in [0.4, 0.5) is 0 Å². The van der Waals surface area contributed by atoms with Gasteiger partial charge >= 0.3 is 0 Å². The van der Waals surface area contributed by atoms with E-state index in [1.807, 2.05) is 12.1 Å². The molecule has 1 aromatic carbocycles. The lowest BCUT2D eigenvalue weighted by Crippen LogP contribution is -2.30. The highest BCUT2D eigenvalue weighted by molar-refractivity contribution is 5.30. The van der Waals surface area contributed by atoms with Gasteiger partial charge in [0.1, 0.15) is 5.75 Å². The second-order valence-corrected chi connectivity index (χ2v) is 5.07. The summed E-state index contributed by atoms with van der Waals surface area (Å²) in [5.41, 5.74) is 1.26. The van der Waals surface area contributed by atoms with Crippen LogP contribution in [0.3, 0.4) is 0 Å². The van der Waals surface area contributed by atoms with Crippen molar-refractivity contribution in [1.29, 1.82) is 0 Å². The number of hydrogen-bond donors (Lipinski definition) is 1. The van der Waals surface area contributed by atoms with Gasteiger partial charge in [-0.2, -0.15) is 0 Å². The van der Waals surface area contributed by atoms with Crippen molar-refractivity contribution in [2.45, 2.75) is 40.0 Å². The van der Waals surface area contributed by atoms with Gasteiger partial charge in [0.2, 0.25) is 0 Å². The molecule has 0 saturated heterocycles. The van der Waals surface area contributed by atoms with Crippen LogP contribution in [-0.4, -0.2) is 29.6 Å². The maximum atomic E-state index is 9.60. The minimum Gasteiger partial charge on any atom is -0.508 e. The van der Waals surface area contributed by atoms with Gasteiger partial charge in [0, 0.05) is 6.54 Å². The number of phenols is 1. The van der Waals surface area contributed by atoms with Crippen LogP contribution >= 0.6 is 0 Å². The number of benzene rings is 1. The lowest BCUT2D eigenvalue weighted by Gasteiger charge is -2.29. The highest BCUT2D eigenvalue weighted by atomic mass is 16.3.